The van der Waals surface area contributed by atoms with Gasteiger partial charge in [-0.15, -0.1) is 0 Å². The van der Waals surface area contributed by atoms with Crippen molar-refractivity contribution in [3.8, 4) is 0 Å². The lowest BCUT2D eigenvalue weighted by Crippen LogP contribution is -2.36. The summed E-state index contributed by atoms with van der Waals surface area (Å²) in [6.45, 7) is -0.321. The van der Waals surface area contributed by atoms with Crippen molar-refractivity contribution in [3.63, 3.8) is 0 Å². The van der Waals surface area contributed by atoms with Crippen LogP contribution in [0.1, 0.15) is 25.7 Å². The lowest BCUT2D eigenvalue weighted by molar-refractivity contribution is -0.137. The second-order valence-corrected chi connectivity index (χ2v) is 6.31. The number of urea groups is 1. The van der Waals surface area contributed by atoms with Gasteiger partial charge in [-0.3, -0.25) is 9.59 Å². The molecule has 0 saturated carbocycles. The number of carbonyl (C=O) groups excluding carboxylic acids is 2. The molecule has 2 saturated heterocycles. The van der Waals surface area contributed by atoms with Crippen molar-refractivity contribution in [3.05, 3.63) is 0 Å². The molecule has 0 spiro atoms. The Morgan fingerprint density at radius 1 is 1.35 bits per heavy atom. The minimum Gasteiger partial charge on any atom is -0.480 e. The summed E-state index contributed by atoms with van der Waals surface area (Å²) in [4.78, 5) is 32.8. The third kappa shape index (κ3) is 4.03. The van der Waals surface area contributed by atoms with Crippen molar-refractivity contribution >= 4 is 29.7 Å². The number of carbonyl (C=O) groups is 3. The van der Waals surface area contributed by atoms with Crippen LogP contribution in [-0.2, 0) is 9.59 Å². The number of thioether (sulfide) groups is 1. The molecule has 3 atom stereocenters. The number of fused-ring (bicyclic) bond motifs is 1. The Kier molecular flexibility index (Phi) is 5.11. The van der Waals surface area contributed by atoms with Crippen molar-refractivity contribution in [1.29, 1.82) is 0 Å². The molecule has 4 N–H and O–H groups in total. The summed E-state index contributed by atoms with van der Waals surface area (Å²) in [6, 6.07) is 0.350. The Hall–Kier alpha value is -1.44. The summed E-state index contributed by atoms with van der Waals surface area (Å²) in [6.07, 6.45) is 2.95. The highest BCUT2D eigenvalue weighted by molar-refractivity contribution is 8.00. The predicted molar refractivity (Wildman–Crippen MR) is 74.6 cm³/mol. The second kappa shape index (κ2) is 6.83. The highest BCUT2D eigenvalue weighted by Crippen LogP contribution is 2.33. The SMILES string of the molecule is O=C(O)CNC(=O)CCCC[C@@H]1SC[C@H]2NC(=O)N[C@H]12. The van der Waals surface area contributed by atoms with Crippen LogP contribution in [-0.4, -0.2) is 52.6 Å². The first-order valence-corrected chi connectivity index (χ1v) is 7.78. The number of hydrogen-bond donors (Lipinski definition) is 4. The van der Waals surface area contributed by atoms with Crippen molar-refractivity contribution in [1.82, 2.24) is 16.0 Å². The van der Waals surface area contributed by atoms with Crippen LogP contribution in [0.4, 0.5) is 4.79 Å². The topological polar surface area (TPSA) is 108 Å². The number of unbranched alkanes of at least 4 members (excludes halogenated alkanes) is 1. The van der Waals surface area contributed by atoms with Crippen LogP contribution in [0.5, 0.6) is 0 Å². The van der Waals surface area contributed by atoms with E-state index in [0.29, 0.717) is 11.7 Å². The Morgan fingerprint density at radius 3 is 2.90 bits per heavy atom. The molecule has 0 radical (unpaired) electrons. The Balaban J connectivity index is 1.58. The molecule has 3 amide bonds. The number of rotatable bonds is 7. The zero-order chi connectivity index (χ0) is 14.5. The zero-order valence-corrected chi connectivity index (χ0v) is 11.9. The zero-order valence-electron chi connectivity index (χ0n) is 11.1. The number of aliphatic carboxylic acids is 1. The van der Waals surface area contributed by atoms with Crippen LogP contribution in [0.15, 0.2) is 0 Å². The molecule has 2 aliphatic heterocycles. The van der Waals surface area contributed by atoms with Gasteiger partial charge in [-0.2, -0.15) is 11.8 Å². The molecule has 2 heterocycles. The van der Waals surface area contributed by atoms with Crippen molar-refractivity contribution in [2.75, 3.05) is 12.3 Å². The largest absolute Gasteiger partial charge is 0.480 e. The minimum absolute atomic E-state index is 0.0849. The fourth-order valence-electron chi connectivity index (χ4n) is 2.54. The van der Waals surface area contributed by atoms with Gasteiger partial charge in [0, 0.05) is 17.4 Å². The summed E-state index contributed by atoms with van der Waals surface area (Å²) in [5, 5.41) is 17.0. The van der Waals surface area contributed by atoms with Crippen LogP contribution >= 0.6 is 11.8 Å². The highest BCUT2D eigenvalue weighted by Gasteiger charge is 2.42. The molecule has 0 aromatic heterocycles. The molecular formula is C12H19N3O4S. The van der Waals surface area contributed by atoms with Gasteiger partial charge in [-0.05, 0) is 12.8 Å². The minimum atomic E-state index is -1.03. The van der Waals surface area contributed by atoms with Gasteiger partial charge in [0.05, 0.1) is 12.1 Å². The molecule has 0 unspecified atom stereocenters. The first-order valence-electron chi connectivity index (χ1n) is 6.73. The predicted octanol–water partition coefficient (Wildman–Crippen LogP) is -0.0870. The van der Waals surface area contributed by atoms with E-state index in [1.54, 1.807) is 0 Å². The molecule has 7 nitrogen and oxygen atoms in total. The quantitative estimate of drug-likeness (QED) is 0.388. The molecule has 0 aromatic rings. The van der Waals surface area contributed by atoms with Crippen molar-refractivity contribution < 1.29 is 19.5 Å². The van der Waals surface area contributed by atoms with Crippen LogP contribution in [0.3, 0.4) is 0 Å². The van der Waals surface area contributed by atoms with Crippen LogP contribution in [0.25, 0.3) is 0 Å². The summed E-state index contributed by atoms with van der Waals surface area (Å²) in [5.74, 6) is -0.316. The van der Waals surface area contributed by atoms with Gasteiger partial charge in [0.25, 0.3) is 0 Å². The number of carboxylic acids is 1. The molecule has 2 aliphatic rings. The summed E-state index contributed by atoms with van der Waals surface area (Å²) in [7, 11) is 0. The van der Waals surface area contributed by atoms with E-state index in [1.165, 1.54) is 0 Å². The van der Waals surface area contributed by atoms with Crippen LogP contribution < -0.4 is 16.0 Å². The maximum Gasteiger partial charge on any atom is 0.322 e. The average molecular weight is 301 g/mol. The Morgan fingerprint density at radius 2 is 2.15 bits per heavy atom. The van der Waals surface area contributed by atoms with E-state index >= 15 is 0 Å². The molecule has 0 aromatic carbocycles. The molecule has 0 bridgehead atoms. The number of amides is 3. The van der Waals surface area contributed by atoms with E-state index in [9.17, 15) is 14.4 Å². The molecule has 2 fully saturated rings. The molecule has 0 aliphatic carbocycles. The maximum absolute atomic E-state index is 11.3. The van der Waals surface area contributed by atoms with E-state index in [2.05, 4.69) is 16.0 Å². The van der Waals surface area contributed by atoms with E-state index in [-0.39, 0.29) is 30.6 Å². The first kappa shape index (κ1) is 15.0. The number of carboxylic acid groups (broad SMARTS) is 1. The van der Waals surface area contributed by atoms with Crippen LogP contribution in [0, 0.1) is 0 Å². The van der Waals surface area contributed by atoms with E-state index < -0.39 is 5.97 Å². The monoisotopic (exact) mass is 301 g/mol. The molecule has 112 valence electrons. The average Bonchev–Trinajstić information content (AvgIpc) is 2.92. The standard InChI is InChI=1S/C12H19N3O4S/c16-9(13-5-10(17)18)4-2-1-3-8-11-7(6-20-8)14-12(19)15-11/h7-8,11H,1-6H2,(H,13,16)(H,17,18)(H2,14,15,19)/t7-,8+,11+/m1/s1. The second-order valence-electron chi connectivity index (χ2n) is 5.04. The Bertz CT molecular complexity index is 404. The number of nitrogens with one attached hydrogen (secondary N) is 3. The van der Waals surface area contributed by atoms with E-state index in [4.69, 9.17) is 5.11 Å². The van der Waals surface area contributed by atoms with Gasteiger partial charge < -0.3 is 21.1 Å². The molecule has 8 heteroatoms. The normalized spacial score (nSPS) is 27.6. The van der Waals surface area contributed by atoms with Gasteiger partial charge in [0.2, 0.25) is 5.91 Å². The smallest absolute Gasteiger partial charge is 0.322 e. The lowest BCUT2D eigenvalue weighted by atomic mass is 10.0. The summed E-state index contributed by atoms with van der Waals surface area (Å²) in [5.41, 5.74) is 0. The Labute approximate surface area is 121 Å². The van der Waals surface area contributed by atoms with E-state index in [1.807, 2.05) is 11.8 Å². The third-order valence-corrected chi connectivity index (χ3v) is 5.03. The fourth-order valence-corrected chi connectivity index (χ4v) is 4.08. The molecule has 20 heavy (non-hydrogen) atoms. The van der Waals surface area contributed by atoms with Gasteiger partial charge >= 0.3 is 12.0 Å². The fraction of sp³-hybridized carbons (Fsp3) is 0.750. The molecule has 2 rings (SSSR count). The first-order chi connectivity index (χ1) is 9.56. The summed E-state index contributed by atoms with van der Waals surface area (Å²) < 4.78 is 0. The highest BCUT2D eigenvalue weighted by atomic mass is 32.2. The van der Waals surface area contributed by atoms with Gasteiger partial charge in [0.15, 0.2) is 0 Å². The van der Waals surface area contributed by atoms with Gasteiger partial charge in [0.1, 0.15) is 6.54 Å². The van der Waals surface area contributed by atoms with Gasteiger partial charge in [-0.25, -0.2) is 4.79 Å². The number of hydrogen-bond acceptors (Lipinski definition) is 4. The third-order valence-electron chi connectivity index (χ3n) is 3.52. The lowest BCUT2D eigenvalue weighted by Gasteiger charge is -2.16. The summed E-state index contributed by atoms with van der Waals surface area (Å²) >= 11 is 1.85. The van der Waals surface area contributed by atoms with Crippen LogP contribution in [0.2, 0.25) is 0 Å². The maximum atomic E-state index is 11.3. The van der Waals surface area contributed by atoms with E-state index in [0.717, 1.165) is 25.0 Å². The van der Waals surface area contributed by atoms with Crippen molar-refractivity contribution in [2.45, 2.75) is 43.0 Å². The van der Waals surface area contributed by atoms with Crippen molar-refractivity contribution in [2.24, 2.45) is 0 Å². The molecular weight excluding hydrogens is 282 g/mol. The van der Waals surface area contributed by atoms with Gasteiger partial charge in [-0.1, -0.05) is 6.42 Å².